The third-order valence-electron chi connectivity index (χ3n) is 5.06. The quantitative estimate of drug-likeness (QED) is 0.529. The first-order valence-electron chi connectivity index (χ1n) is 9.56. The molecule has 2 amide bonds. The molecule has 0 saturated carbocycles. The molecule has 8 heteroatoms. The highest BCUT2D eigenvalue weighted by Crippen LogP contribution is 2.38. The lowest BCUT2D eigenvalue weighted by molar-refractivity contribution is -0.120. The van der Waals surface area contributed by atoms with Crippen LogP contribution in [0.3, 0.4) is 0 Å². The highest BCUT2D eigenvalue weighted by atomic mass is 35.5. The van der Waals surface area contributed by atoms with E-state index in [1.807, 2.05) is 0 Å². The van der Waals surface area contributed by atoms with Crippen LogP contribution in [0.25, 0.3) is 5.57 Å². The van der Waals surface area contributed by atoms with Crippen molar-refractivity contribution in [2.24, 2.45) is 0 Å². The Hall–Kier alpha value is -3.71. The average Bonchev–Trinajstić information content (AvgIpc) is 3.01. The van der Waals surface area contributed by atoms with Crippen LogP contribution in [0, 0.1) is 18.6 Å². The number of hydrogen-bond donors (Lipinski definition) is 1. The Morgan fingerprint density at radius 1 is 0.969 bits per heavy atom. The molecule has 0 bridgehead atoms. The number of nitrogens with one attached hydrogen (secondary N) is 1. The minimum atomic E-state index is -0.906. The van der Waals surface area contributed by atoms with E-state index in [2.05, 4.69) is 5.32 Å². The predicted octanol–water partition coefficient (Wildman–Crippen LogP) is 5.33. The van der Waals surface area contributed by atoms with Gasteiger partial charge in [-0.25, -0.2) is 13.7 Å². The number of carbonyl (C=O) groups is 2. The summed E-state index contributed by atoms with van der Waals surface area (Å²) in [5, 5.41) is 3.49. The van der Waals surface area contributed by atoms with Crippen molar-refractivity contribution in [2.45, 2.75) is 6.92 Å². The highest BCUT2D eigenvalue weighted by molar-refractivity contribution is 6.46. The van der Waals surface area contributed by atoms with Crippen LogP contribution in [0.1, 0.15) is 11.1 Å². The second-order valence-corrected chi connectivity index (χ2v) is 7.51. The van der Waals surface area contributed by atoms with Crippen LogP contribution < -0.4 is 15.0 Å². The molecule has 0 atom stereocenters. The number of hydrogen-bond acceptors (Lipinski definition) is 4. The van der Waals surface area contributed by atoms with E-state index >= 15 is 0 Å². The van der Waals surface area contributed by atoms with Gasteiger partial charge in [-0.15, -0.1) is 0 Å². The fourth-order valence-electron chi connectivity index (χ4n) is 3.52. The van der Waals surface area contributed by atoms with Gasteiger partial charge in [0.15, 0.2) is 0 Å². The van der Waals surface area contributed by atoms with Gasteiger partial charge in [0.25, 0.3) is 11.8 Å². The van der Waals surface area contributed by atoms with E-state index in [1.165, 1.54) is 7.11 Å². The van der Waals surface area contributed by atoms with Crippen molar-refractivity contribution in [3.8, 4) is 5.75 Å². The predicted molar refractivity (Wildman–Crippen MR) is 119 cm³/mol. The number of imide groups is 1. The Bertz CT molecular complexity index is 1290. The molecule has 0 aromatic heterocycles. The Morgan fingerprint density at radius 3 is 2.44 bits per heavy atom. The molecule has 162 valence electrons. The molecular weight excluding hydrogens is 438 g/mol. The molecule has 32 heavy (non-hydrogen) atoms. The highest BCUT2D eigenvalue weighted by Gasteiger charge is 2.42. The smallest absolute Gasteiger partial charge is 0.282 e. The number of carbonyl (C=O) groups excluding carboxylic acids is 2. The van der Waals surface area contributed by atoms with E-state index in [1.54, 1.807) is 49.4 Å². The van der Waals surface area contributed by atoms with E-state index < -0.39 is 29.1 Å². The SMILES string of the molecule is COc1ccccc1C1=C(Nc2ccc(Cl)cc2C)C(=O)N(c2cc(F)ccc2F)C1=O. The summed E-state index contributed by atoms with van der Waals surface area (Å²) in [6, 6.07) is 14.2. The summed E-state index contributed by atoms with van der Waals surface area (Å²) in [4.78, 5) is 27.4. The molecule has 3 aromatic carbocycles. The third-order valence-corrected chi connectivity index (χ3v) is 5.29. The molecule has 3 aromatic rings. The molecule has 5 nitrogen and oxygen atoms in total. The van der Waals surface area contributed by atoms with Gasteiger partial charge in [0.1, 0.15) is 23.1 Å². The molecular formula is C24H17ClF2N2O3. The van der Waals surface area contributed by atoms with Gasteiger partial charge in [-0.1, -0.05) is 29.8 Å². The first-order valence-corrected chi connectivity index (χ1v) is 9.94. The van der Waals surface area contributed by atoms with Crippen LogP contribution in [0.4, 0.5) is 20.2 Å². The standard InChI is InChI=1S/C24H17ClF2N2O3/c1-13-11-14(25)7-10-18(13)28-22-21(16-5-3-4-6-20(16)32-2)23(30)29(24(22)31)19-12-15(26)8-9-17(19)27/h3-12,28H,1-2H3. The lowest BCUT2D eigenvalue weighted by atomic mass is 10.0. The van der Waals surface area contributed by atoms with E-state index in [0.717, 1.165) is 23.8 Å². The number of aryl methyl sites for hydroxylation is 1. The van der Waals surface area contributed by atoms with Crippen molar-refractivity contribution in [2.75, 3.05) is 17.3 Å². The van der Waals surface area contributed by atoms with Crippen molar-refractivity contribution in [3.63, 3.8) is 0 Å². The summed E-state index contributed by atoms with van der Waals surface area (Å²) >= 11 is 6.02. The minimum absolute atomic E-state index is 0.0227. The van der Waals surface area contributed by atoms with E-state index in [-0.39, 0.29) is 11.3 Å². The molecule has 0 aliphatic carbocycles. The molecule has 0 radical (unpaired) electrons. The number of amides is 2. The van der Waals surface area contributed by atoms with E-state index in [4.69, 9.17) is 16.3 Å². The second kappa shape index (κ2) is 8.43. The van der Waals surface area contributed by atoms with Crippen molar-refractivity contribution < 1.29 is 23.1 Å². The Balaban J connectivity index is 1.91. The van der Waals surface area contributed by atoms with Crippen LogP contribution in [0.15, 0.2) is 66.4 Å². The fraction of sp³-hybridized carbons (Fsp3) is 0.0833. The van der Waals surface area contributed by atoms with Gasteiger partial charge in [-0.3, -0.25) is 9.59 Å². The number of benzene rings is 3. The first-order chi connectivity index (χ1) is 15.3. The number of anilines is 2. The van der Waals surface area contributed by atoms with Crippen LogP contribution in [-0.2, 0) is 9.59 Å². The van der Waals surface area contributed by atoms with E-state index in [9.17, 15) is 18.4 Å². The number of halogens is 3. The maximum Gasteiger partial charge on any atom is 0.282 e. The summed E-state index contributed by atoms with van der Waals surface area (Å²) in [5.74, 6) is -2.97. The van der Waals surface area contributed by atoms with Gasteiger partial charge >= 0.3 is 0 Å². The van der Waals surface area contributed by atoms with Crippen molar-refractivity contribution in [1.29, 1.82) is 0 Å². The molecule has 1 N–H and O–H groups in total. The summed E-state index contributed by atoms with van der Waals surface area (Å²) in [6.45, 7) is 1.78. The molecule has 0 saturated heterocycles. The van der Waals surface area contributed by atoms with Crippen LogP contribution in [0.2, 0.25) is 5.02 Å². The lowest BCUT2D eigenvalue weighted by Gasteiger charge is -2.16. The third kappa shape index (κ3) is 3.71. The summed E-state index contributed by atoms with van der Waals surface area (Å²) in [6.07, 6.45) is 0. The van der Waals surface area contributed by atoms with E-state index in [0.29, 0.717) is 26.9 Å². The maximum absolute atomic E-state index is 14.5. The number of ether oxygens (including phenoxy) is 1. The molecule has 0 unspecified atom stereocenters. The molecule has 4 rings (SSSR count). The van der Waals surface area contributed by atoms with Gasteiger partial charge in [0.05, 0.1) is 18.4 Å². The molecule has 0 spiro atoms. The average molecular weight is 455 g/mol. The zero-order valence-corrected chi connectivity index (χ0v) is 17.8. The Morgan fingerprint density at radius 2 is 1.72 bits per heavy atom. The normalized spacial score (nSPS) is 13.7. The Kier molecular flexibility index (Phi) is 5.67. The van der Waals surface area contributed by atoms with Crippen LogP contribution in [-0.4, -0.2) is 18.9 Å². The first kappa shape index (κ1) is 21.5. The number of methoxy groups -OCH3 is 1. The minimum Gasteiger partial charge on any atom is -0.496 e. The number of nitrogens with zero attached hydrogens (tertiary/aromatic N) is 1. The fourth-order valence-corrected chi connectivity index (χ4v) is 3.75. The zero-order valence-electron chi connectivity index (χ0n) is 17.1. The largest absolute Gasteiger partial charge is 0.496 e. The topological polar surface area (TPSA) is 58.6 Å². The Labute approximate surface area is 187 Å². The van der Waals surface area contributed by atoms with Gasteiger partial charge in [0.2, 0.25) is 0 Å². The van der Waals surface area contributed by atoms with Crippen LogP contribution in [0.5, 0.6) is 5.75 Å². The lowest BCUT2D eigenvalue weighted by Crippen LogP contribution is -2.33. The summed E-state index contributed by atoms with van der Waals surface area (Å²) in [7, 11) is 1.43. The number of rotatable bonds is 5. The molecule has 1 heterocycles. The monoisotopic (exact) mass is 454 g/mol. The number of para-hydroxylation sites is 1. The molecule has 1 aliphatic heterocycles. The molecule has 1 aliphatic rings. The van der Waals surface area contributed by atoms with Crippen molar-refractivity contribution in [1.82, 2.24) is 0 Å². The summed E-state index contributed by atoms with van der Waals surface area (Å²) in [5.41, 5.74) is 0.998. The van der Waals surface area contributed by atoms with Crippen molar-refractivity contribution >= 4 is 40.4 Å². The zero-order chi connectivity index (χ0) is 23.0. The second-order valence-electron chi connectivity index (χ2n) is 7.08. The van der Waals surface area contributed by atoms with Gasteiger partial charge in [0, 0.05) is 22.3 Å². The van der Waals surface area contributed by atoms with Gasteiger partial charge in [-0.2, -0.15) is 0 Å². The van der Waals surface area contributed by atoms with Crippen molar-refractivity contribution in [3.05, 3.63) is 94.1 Å². The maximum atomic E-state index is 14.5. The van der Waals surface area contributed by atoms with Crippen LogP contribution >= 0.6 is 11.6 Å². The molecule has 0 fully saturated rings. The van der Waals surface area contributed by atoms with Gasteiger partial charge in [-0.05, 0) is 48.9 Å². The van der Waals surface area contributed by atoms with Gasteiger partial charge < -0.3 is 10.1 Å². The summed E-state index contributed by atoms with van der Waals surface area (Å²) < 4.78 is 33.7.